The number of benzene rings is 4. The lowest BCUT2D eigenvalue weighted by Crippen LogP contribution is -2.30. The van der Waals surface area contributed by atoms with Crippen LogP contribution in [0.4, 0.5) is 0 Å². The first-order chi connectivity index (χ1) is 15.2. The Morgan fingerprint density at radius 1 is 0.903 bits per heavy atom. The number of aromatic nitrogens is 3. The summed E-state index contributed by atoms with van der Waals surface area (Å²) < 4.78 is 4.47. The zero-order chi connectivity index (χ0) is 20.9. The van der Waals surface area contributed by atoms with E-state index in [2.05, 4.69) is 77.5 Å². The Morgan fingerprint density at radius 3 is 2.52 bits per heavy atom. The fraction of sp³-hybridized carbons (Fsp3) is 0.0741. The van der Waals surface area contributed by atoms with Crippen LogP contribution in [0.3, 0.4) is 0 Å². The molecule has 0 spiro atoms. The number of hydrogen-bond donors (Lipinski definition) is 0. The van der Waals surface area contributed by atoms with Crippen molar-refractivity contribution >= 4 is 59.9 Å². The standard InChI is InChI=1S/C27H17N4/c1-15-18-8-4-3-7-16(18)12-22-23(15)26-25-20(29-14-30(26)2)11-17(13-28)24-19-9-5-6-10-21(19)31(22)27(24)25/h3-12,14H,1-2H3/q+1. The molecule has 0 atom stereocenters. The van der Waals surface area contributed by atoms with Crippen LogP contribution in [0.15, 0.2) is 67.0 Å². The zero-order valence-electron chi connectivity index (χ0n) is 17.1. The number of pyridine rings is 1. The van der Waals surface area contributed by atoms with E-state index in [0.717, 1.165) is 43.7 Å². The van der Waals surface area contributed by atoms with Crippen molar-refractivity contribution in [2.45, 2.75) is 6.92 Å². The Hall–Kier alpha value is -4.23. The van der Waals surface area contributed by atoms with Crippen molar-refractivity contribution in [3.8, 4) is 6.07 Å². The molecule has 0 aliphatic carbocycles. The Kier molecular flexibility index (Phi) is 2.92. The van der Waals surface area contributed by atoms with E-state index in [-0.39, 0.29) is 0 Å². The van der Waals surface area contributed by atoms with Gasteiger partial charge in [-0.3, -0.25) is 0 Å². The maximum atomic E-state index is 9.99. The maximum absolute atomic E-state index is 9.99. The number of rotatable bonds is 0. The normalized spacial score (nSPS) is 12.2. The fourth-order valence-corrected chi connectivity index (χ4v) is 5.50. The number of fused-ring (bicyclic) bond motifs is 7. The van der Waals surface area contributed by atoms with Crippen LogP contribution in [0, 0.1) is 18.3 Å². The highest BCUT2D eigenvalue weighted by molar-refractivity contribution is 6.29. The van der Waals surface area contributed by atoms with Gasteiger partial charge in [-0.1, -0.05) is 42.5 Å². The lowest BCUT2D eigenvalue weighted by Gasteiger charge is -2.15. The molecule has 0 saturated heterocycles. The summed E-state index contributed by atoms with van der Waals surface area (Å²) in [7, 11) is 2.06. The smallest absolute Gasteiger partial charge is 0.287 e. The third-order valence-electron chi connectivity index (χ3n) is 6.76. The molecule has 4 heteroatoms. The third kappa shape index (κ3) is 1.85. The molecule has 4 nitrogen and oxygen atoms in total. The maximum Gasteiger partial charge on any atom is 0.287 e. The van der Waals surface area contributed by atoms with Gasteiger partial charge in [0.15, 0.2) is 5.52 Å². The molecule has 0 fully saturated rings. The Balaban J connectivity index is 2.00. The Bertz CT molecular complexity index is 1920. The van der Waals surface area contributed by atoms with E-state index in [1.165, 1.54) is 21.7 Å². The lowest BCUT2D eigenvalue weighted by molar-refractivity contribution is -0.646. The molecular weight excluding hydrogens is 380 g/mol. The molecule has 7 rings (SSSR count). The van der Waals surface area contributed by atoms with Crippen LogP contribution in [0.2, 0.25) is 0 Å². The number of aryl methyl sites for hydroxylation is 2. The average Bonchev–Trinajstić information content (AvgIpc) is 3.15. The van der Waals surface area contributed by atoms with Gasteiger partial charge in [0.1, 0.15) is 11.6 Å². The number of hydrogen-bond acceptors (Lipinski definition) is 2. The van der Waals surface area contributed by atoms with Crippen LogP contribution < -0.4 is 4.57 Å². The Morgan fingerprint density at radius 2 is 1.68 bits per heavy atom. The molecule has 0 N–H and O–H groups in total. The van der Waals surface area contributed by atoms with Gasteiger partial charge < -0.3 is 4.40 Å². The number of nitriles is 1. The van der Waals surface area contributed by atoms with Crippen LogP contribution in [0.1, 0.15) is 11.1 Å². The van der Waals surface area contributed by atoms with Crippen molar-refractivity contribution in [2.75, 3.05) is 0 Å². The third-order valence-corrected chi connectivity index (χ3v) is 6.76. The quantitative estimate of drug-likeness (QED) is 0.192. The first-order valence-electron chi connectivity index (χ1n) is 10.4. The minimum atomic E-state index is 0.672. The minimum Gasteiger partial charge on any atom is -0.307 e. The van der Waals surface area contributed by atoms with Gasteiger partial charge in [0.05, 0.1) is 34.5 Å². The van der Waals surface area contributed by atoms with Gasteiger partial charge in [0.25, 0.3) is 6.33 Å². The van der Waals surface area contributed by atoms with Gasteiger partial charge >= 0.3 is 0 Å². The van der Waals surface area contributed by atoms with Gasteiger partial charge in [-0.05, 0) is 40.4 Å². The van der Waals surface area contributed by atoms with E-state index in [9.17, 15) is 5.26 Å². The van der Waals surface area contributed by atoms with E-state index in [1.54, 1.807) is 0 Å². The summed E-state index contributed by atoms with van der Waals surface area (Å²) >= 11 is 0. The average molecular weight is 397 g/mol. The lowest BCUT2D eigenvalue weighted by atomic mass is 9.96. The van der Waals surface area contributed by atoms with Crippen molar-refractivity contribution < 1.29 is 4.57 Å². The predicted molar refractivity (Wildman–Crippen MR) is 125 cm³/mol. The molecule has 4 aromatic carbocycles. The Labute approximate surface area is 177 Å². The summed E-state index contributed by atoms with van der Waals surface area (Å²) in [5.74, 6) is 0. The topological polar surface area (TPSA) is 45.0 Å². The summed E-state index contributed by atoms with van der Waals surface area (Å²) in [6.07, 6.45) is 1.86. The number of nitrogens with zero attached hydrogens (tertiary/aromatic N) is 4. The van der Waals surface area contributed by atoms with Gasteiger partial charge in [0, 0.05) is 22.2 Å². The van der Waals surface area contributed by atoms with Crippen molar-refractivity contribution in [3.63, 3.8) is 0 Å². The summed E-state index contributed by atoms with van der Waals surface area (Å²) in [4.78, 5) is 4.71. The van der Waals surface area contributed by atoms with Crippen molar-refractivity contribution in [1.29, 1.82) is 5.26 Å². The molecule has 0 amide bonds. The fourth-order valence-electron chi connectivity index (χ4n) is 5.50. The van der Waals surface area contributed by atoms with Gasteiger partial charge in [-0.15, -0.1) is 0 Å². The van der Waals surface area contributed by atoms with Gasteiger partial charge in [-0.2, -0.15) is 5.26 Å². The molecule has 3 aromatic heterocycles. The van der Waals surface area contributed by atoms with Crippen LogP contribution in [-0.4, -0.2) is 9.38 Å². The predicted octanol–water partition coefficient (Wildman–Crippen LogP) is 5.54. The summed E-state index contributed by atoms with van der Waals surface area (Å²) in [5, 5.41) is 16.9. The second kappa shape index (κ2) is 5.47. The van der Waals surface area contributed by atoms with Crippen LogP contribution >= 0.6 is 0 Å². The highest BCUT2D eigenvalue weighted by Gasteiger charge is 2.26. The van der Waals surface area contributed by atoms with Crippen molar-refractivity contribution in [1.82, 2.24) is 9.38 Å². The molecule has 0 aliphatic rings. The summed E-state index contributed by atoms with van der Waals surface area (Å²) in [6, 6.07) is 23.6. The molecule has 0 saturated carbocycles. The molecule has 3 heterocycles. The van der Waals surface area contributed by atoms with Crippen LogP contribution in [-0.2, 0) is 7.05 Å². The van der Waals surface area contributed by atoms with Gasteiger partial charge in [-0.25, -0.2) is 4.57 Å². The SMILES string of the molecule is Cc1c2ccccc2cc2c1c1c3c(cc(C#N)c4c5ccccc5n2c43)nc[n+]1C. The minimum absolute atomic E-state index is 0.672. The van der Waals surface area contributed by atoms with Crippen molar-refractivity contribution in [3.05, 3.63) is 78.1 Å². The van der Waals surface area contributed by atoms with E-state index in [0.29, 0.717) is 5.56 Å². The summed E-state index contributed by atoms with van der Waals surface area (Å²) in [5.41, 5.74) is 7.31. The summed E-state index contributed by atoms with van der Waals surface area (Å²) in [6.45, 7) is 2.21. The molecule has 0 bridgehead atoms. The van der Waals surface area contributed by atoms with E-state index in [4.69, 9.17) is 4.98 Å². The molecule has 0 aliphatic heterocycles. The van der Waals surface area contributed by atoms with Crippen LogP contribution in [0.25, 0.3) is 59.9 Å². The second-order valence-electron chi connectivity index (χ2n) is 8.33. The molecule has 144 valence electrons. The molecule has 0 unspecified atom stereocenters. The molecular formula is C27H17N4+. The van der Waals surface area contributed by atoms with E-state index >= 15 is 0 Å². The first kappa shape index (κ1) is 16.6. The van der Waals surface area contributed by atoms with E-state index < -0.39 is 0 Å². The molecule has 7 aromatic rings. The first-order valence-corrected chi connectivity index (χ1v) is 10.4. The highest BCUT2D eigenvalue weighted by atomic mass is 15.0. The molecule has 31 heavy (non-hydrogen) atoms. The van der Waals surface area contributed by atoms with E-state index in [1.807, 2.05) is 18.5 Å². The number of para-hydroxylation sites is 1. The van der Waals surface area contributed by atoms with Crippen LogP contribution in [0.5, 0.6) is 0 Å². The van der Waals surface area contributed by atoms with Gasteiger partial charge in [0.2, 0.25) is 0 Å². The monoisotopic (exact) mass is 397 g/mol. The second-order valence-corrected chi connectivity index (χ2v) is 8.33. The molecule has 0 radical (unpaired) electrons. The highest BCUT2D eigenvalue weighted by Crippen LogP contribution is 2.43. The van der Waals surface area contributed by atoms with Crippen molar-refractivity contribution in [2.24, 2.45) is 7.05 Å². The zero-order valence-corrected chi connectivity index (χ0v) is 17.1. The largest absolute Gasteiger partial charge is 0.307 e.